The van der Waals surface area contributed by atoms with Crippen molar-refractivity contribution in [3.05, 3.63) is 52.3 Å². The third-order valence-corrected chi connectivity index (χ3v) is 3.60. The van der Waals surface area contributed by atoms with Crippen LogP contribution < -0.4 is 10.6 Å². The van der Waals surface area contributed by atoms with E-state index in [9.17, 15) is 9.59 Å². The molecule has 6 nitrogen and oxygen atoms in total. The van der Waals surface area contributed by atoms with Gasteiger partial charge in [0, 0.05) is 18.8 Å². The summed E-state index contributed by atoms with van der Waals surface area (Å²) in [6.45, 7) is 4.63. The topological polar surface area (TPSA) is 86.9 Å². The van der Waals surface area contributed by atoms with Gasteiger partial charge in [-0.05, 0) is 24.1 Å². The van der Waals surface area contributed by atoms with Crippen molar-refractivity contribution in [2.75, 3.05) is 13.1 Å². The van der Waals surface area contributed by atoms with Crippen LogP contribution in [0.4, 0.5) is 0 Å². The maximum absolute atomic E-state index is 11.9. The lowest BCUT2D eigenvalue weighted by atomic mass is 10.1. The fourth-order valence-corrected chi connectivity index (χ4v) is 2.15. The highest BCUT2D eigenvalue weighted by molar-refractivity contribution is 6.33. The van der Waals surface area contributed by atoms with Crippen molar-refractivity contribution in [2.45, 2.75) is 19.8 Å². The fourth-order valence-electron chi connectivity index (χ4n) is 1.93. The number of amides is 2. The molecular weight excluding hydrogens is 316 g/mol. The van der Waals surface area contributed by atoms with Gasteiger partial charge in [0.1, 0.15) is 5.69 Å². The predicted molar refractivity (Wildman–Crippen MR) is 88.8 cm³/mol. The summed E-state index contributed by atoms with van der Waals surface area (Å²) in [5, 5.41) is 12.6. The molecule has 0 bridgehead atoms. The first-order valence-electron chi connectivity index (χ1n) is 7.35. The molecule has 0 aliphatic rings. The van der Waals surface area contributed by atoms with Crippen molar-refractivity contribution < 1.29 is 9.59 Å². The number of aromatic nitrogens is 2. The lowest BCUT2D eigenvalue weighted by molar-refractivity contribution is 0.0925. The largest absolute Gasteiger partial charge is 0.350 e. The van der Waals surface area contributed by atoms with E-state index in [4.69, 9.17) is 11.6 Å². The molecule has 0 aliphatic heterocycles. The van der Waals surface area contributed by atoms with Crippen LogP contribution in [0.1, 0.15) is 46.3 Å². The van der Waals surface area contributed by atoms with E-state index < -0.39 is 0 Å². The van der Waals surface area contributed by atoms with Gasteiger partial charge in [0.15, 0.2) is 0 Å². The monoisotopic (exact) mass is 334 g/mol. The highest BCUT2D eigenvalue weighted by atomic mass is 35.5. The van der Waals surface area contributed by atoms with E-state index in [1.807, 2.05) is 13.8 Å². The molecule has 0 aliphatic carbocycles. The molecule has 2 rings (SSSR count). The summed E-state index contributed by atoms with van der Waals surface area (Å²) >= 11 is 5.95. The Bertz CT molecular complexity index is 697. The number of carbonyl (C=O) groups excluding carboxylic acids is 2. The van der Waals surface area contributed by atoms with Gasteiger partial charge >= 0.3 is 0 Å². The van der Waals surface area contributed by atoms with Gasteiger partial charge in [-0.15, -0.1) is 0 Å². The van der Waals surface area contributed by atoms with Gasteiger partial charge in [-0.25, -0.2) is 0 Å². The van der Waals surface area contributed by atoms with Crippen molar-refractivity contribution in [1.29, 1.82) is 0 Å². The van der Waals surface area contributed by atoms with Gasteiger partial charge in [0.25, 0.3) is 11.8 Å². The van der Waals surface area contributed by atoms with Crippen molar-refractivity contribution >= 4 is 23.4 Å². The van der Waals surface area contributed by atoms with Crippen LogP contribution in [0.5, 0.6) is 0 Å². The van der Waals surface area contributed by atoms with Gasteiger partial charge < -0.3 is 10.6 Å². The summed E-state index contributed by atoms with van der Waals surface area (Å²) in [5.41, 5.74) is 1.66. The number of hydrogen-bond acceptors (Lipinski definition) is 3. The normalized spacial score (nSPS) is 10.6. The second-order valence-electron chi connectivity index (χ2n) is 5.35. The van der Waals surface area contributed by atoms with E-state index in [0.717, 1.165) is 5.69 Å². The number of nitrogens with zero attached hydrogens (tertiary/aromatic N) is 1. The molecule has 23 heavy (non-hydrogen) atoms. The van der Waals surface area contributed by atoms with Gasteiger partial charge in [0.05, 0.1) is 10.6 Å². The van der Waals surface area contributed by atoms with Gasteiger partial charge in [-0.1, -0.05) is 37.6 Å². The first-order chi connectivity index (χ1) is 11.0. The SMILES string of the molecule is CC(C)c1cc(C(=O)NCCNC(=O)c2ccccc2Cl)n[nH]1. The first kappa shape index (κ1) is 17.0. The Morgan fingerprint density at radius 2 is 1.83 bits per heavy atom. The summed E-state index contributed by atoms with van der Waals surface area (Å²) < 4.78 is 0. The number of nitrogens with one attached hydrogen (secondary N) is 3. The second kappa shape index (κ2) is 7.78. The molecule has 7 heteroatoms. The quantitative estimate of drug-likeness (QED) is 0.709. The average Bonchev–Trinajstić information content (AvgIpc) is 3.02. The molecule has 1 aromatic heterocycles. The van der Waals surface area contributed by atoms with Gasteiger partial charge in [-0.2, -0.15) is 5.10 Å². The van der Waals surface area contributed by atoms with Crippen LogP contribution in [0.25, 0.3) is 0 Å². The standard InChI is InChI=1S/C16H19ClN4O2/c1-10(2)13-9-14(21-20-13)16(23)19-8-7-18-15(22)11-5-3-4-6-12(11)17/h3-6,9-10H,7-8H2,1-2H3,(H,18,22)(H,19,23)(H,20,21). The maximum Gasteiger partial charge on any atom is 0.271 e. The minimum atomic E-state index is -0.278. The minimum Gasteiger partial charge on any atom is -0.350 e. The zero-order valence-electron chi connectivity index (χ0n) is 13.0. The molecule has 0 radical (unpaired) electrons. The van der Waals surface area contributed by atoms with Crippen LogP contribution in [0.2, 0.25) is 5.02 Å². The van der Waals surface area contributed by atoms with Gasteiger partial charge in [0.2, 0.25) is 0 Å². The summed E-state index contributed by atoms with van der Waals surface area (Å²) in [6, 6.07) is 8.53. The van der Waals surface area contributed by atoms with E-state index in [2.05, 4.69) is 20.8 Å². The van der Waals surface area contributed by atoms with E-state index in [0.29, 0.717) is 29.4 Å². The van der Waals surface area contributed by atoms with Gasteiger partial charge in [-0.3, -0.25) is 14.7 Å². The van der Waals surface area contributed by atoms with Crippen LogP contribution in [0.3, 0.4) is 0 Å². The van der Waals surface area contributed by atoms with Crippen molar-refractivity contribution in [3.63, 3.8) is 0 Å². The Morgan fingerprint density at radius 1 is 1.17 bits per heavy atom. The number of H-pyrrole nitrogens is 1. The molecule has 0 saturated heterocycles. The Balaban J connectivity index is 1.77. The molecule has 0 saturated carbocycles. The lowest BCUT2D eigenvalue weighted by Gasteiger charge is -2.07. The molecule has 2 aromatic rings. The number of aromatic amines is 1. The first-order valence-corrected chi connectivity index (χ1v) is 7.73. The van der Waals surface area contributed by atoms with E-state index in [-0.39, 0.29) is 17.7 Å². The lowest BCUT2D eigenvalue weighted by Crippen LogP contribution is -2.34. The Morgan fingerprint density at radius 3 is 2.43 bits per heavy atom. The molecule has 0 spiro atoms. The fraction of sp³-hybridized carbons (Fsp3) is 0.312. The van der Waals surface area contributed by atoms with Crippen molar-refractivity contribution in [3.8, 4) is 0 Å². The van der Waals surface area contributed by atoms with Crippen molar-refractivity contribution in [2.24, 2.45) is 0 Å². The molecule has 1 heterocycles. The number of hydrogen-bond donors (Lipinski definition) is 3. The zero-order valence-corrected chi connectivity index (χ0v) is 13.8. The van der Waals surface area contributed by atoms with Crippen LogP contribution in [0.15, 0.2) is 30.3 Å². The van der Waals surface area contributed by atoms with Crippen LogP contribution in [0, 0.1) is 0 Å². The Hall–Kier alpha value is -2.34. The van der Waals surface area contributed by atoms with E-state index in [1.165, 1.54) is 0 Å². The molecular formula is C16H19ClN4O2. The second-order valence-corrected chi connectivity index (χ2v) is 5.76. The summed E-state index contributed by atoms with van der Waals surface area (Å²) in [5.74, 6) is -0.272. The van der Waals surface area contributed by atoms with Crippen LogP contribution in [-0.2, 0) is 0 Å². The van der Waals surface area contributed by atoms with Crippen molar-refractivity contribution in [1.82, 2.24) is 20.8 Å². The number of carbonyl (C=O) groups is 2. The van der Waals surface area contributed by atoms with Crippen LogP contribution in [-0.4, -0.2) is 35.1 Å². The third kappa shape index (κ3) is 4.56. The summed E-state index contributed by atoms with van der Waals surface area (Å²) in [7, 11) is 0. The zero-order chi connectivity index (χ0) is 16.8. The molecule has 1 aromatic carbocycles. The maximum atomic E-state index is 11.9. The highest BCUT2D eigenvalue weighted by Crippen LogP contribution is 2.14. The highest BCUT2D eigenvalue weighted by Gasteiger charge is 2.12. The Kier molecular flexibility index (Phi) is 5.76. The Labute approximate surface area is 139 Å². The summed E-state index contributed by atoms with van der Waals surface area (Å²) in [6.07, 6.45) is 0. The molecule has 0 fully saturated rings. The predicted octanol–water partition coefficient (Wildman–Crippen LogP) is 2.35. The van der Waals surface area contributed by atoms with E-state index in [1.54, 1.807) is 30.3 Å². The minimum absolute atomic E-state index is 0.272. The number of rotatable bonds is 6. The number of halogens is 1. The van der Waals surface area contributed by atoms with E-state index >= 15 is 0 Å². The third-order valence-electron chi connectivity index (χ3n) is 3.27. The molecule has 3 N–H and O–H groups in total. The molecule has 0 atom stereocenters. The average molecular weight is 335 g/mol. The summed E-state index contributed by atoms with van der Waals surface area (Å²) in [4.78, 5) is 23.9. The molecule has 0 unspecified atom stereocenters. The molecule has 122 valence electrons. The molecule has 2 amide bonds. The number of benzene rings is 1. The van der Waals surface area contributed by atoms with Crippen LogP contribution >= 0.6 is 11.6 Å². The smallest absolute Gasteiger partial charge is 0.271 e.